The van der Waals surface area contributed by atoms with Gasteiger partial charge in [0.25, 0.3) is 0 Å². The molecule has 3 atom stereocenters. The average Bonchev–Trinajstić information content (AvgIpc) is 1.88. The summed E-state index contributed by atoms with van der Waals surface area (Å²) in [5, 5.41) is 9.24. The maximum atomic E-state index is 9.24. The highest BCUT2D eigenvalue weighted by atomic mass is 16.3. The zero-order valence-electron chi connectivity index (χ0n) is 6.59. The summed E-state index contributed by atoms with van der Waals surface area (Å²) in [6.45, 7) is 1.86. The second kappa shape index (κ2) is 3.35. The smallest absolute Gasteiger partial charge is 0.0540 e. The Kier molecular flexibility index (Phi) is 2.69. The molecule has 1 aliphatic rings. The van der Waals surface area contributed by atoms with E-state index < -0.39 is 0 Å². The van der Waals surface area contributed by atoms with Crippen molar-refractivity contribution in [2.75, 3.05) is 0 Å². The first kappa shape index (κ1) is 8.02. The number of aliphatic hydroxyl groups excluding tert-OH is 1. The maximum absolute atomic E-state index is 9.24. The zero-order valence-corrected chi connectivity index (χ0v) is 6.59. The standard InChI is InChI=1S/C8H17NO/c1-6(10)7-3-2-4-8(9)5-7/h6-8,10H,2-5,9H2,1H3/t6?,7-,8+/m1/s1. The second-order valence-electron chi connectivity index (χ2n) is 3.43. The van der Waals surface area contributed by atoms with Gasteiger partial charge in [-0.25, -0.2) is 0 Å². The van der Waals surface area contributed by atoms with Gasteiger partial charge in [0.15, 0.2) is 0 Å². The molecule has 0 aliphatic heterocycles. The van der Waals surface area contributed by atoms with E-state index in [-0.39, 0.29) is 6.10 Å². The van der Waals surface area contributed by atoms with Crippen molar-refractivity contribution in [3.63, 3.8) is 0 Å². The average molecular weight is 143 g/mol. The first-order valence-electron chi connectivity index (χ1n) is 4.14. The van der Waals surface area contributed by atoms with E-state index in [1.807, 2.05) is 6.92 Å². The van der Waals surface area contributed by atoms with Gasteiger partial charge < -0.3 is 10.8 Å². The van der Waals surface area contributed by atoms with E-state index in [1.54, 1.807) is 0 Å². The van der Waals surface area contributed by atoms with E-state index in [2.05, 4.69) is 0 Å². The highest BCUT2D eigenvalue weighted by molar-refractivity contribution is 4.77. The van der Waals surface area contributed by atoms with E-state index in [9.17, 15) is 5.11 Å². The summed E-state index contributed by atoms with van der Waals surface area (Å²) in [7, 11) is 0. The number of nitrogens with two attached hydrogens (primary N) is 1. The van der Waals surface area contributed by atoms with Gasteiger partial charge in [-0.1, -0.05) is 6.42 Å². The molecule has 10 heavy (non-hydrogen) atoms. The first-order chi connectivity index (χ1) is 4.70. The summed E-state index contributed by atoms with van der Waals surface area (Å²) in [6.07, 6.45) is 4.34. The predicted octanol–water partition coefficient (Wildman–Crippen LogP) is 0.885. The van der Waals surface area contributed by atoms with Gasteiger partial charge in [-0.3, -0.25) is 0 Å². The number of aliphatic hydroxyl groups is 1. The SMILES string of the molecule is CC(O)[C@@H]1CCC[C@H](N)C1. The van der Waals surface area contributed by atoms with Crippen LogP contribution in [0.4, 0.5) is 0 Å². The summed E-state index contributed by atoms with van der Waals surface area (Å²) in [6, 6.07) is 0.341. The van der Waals surface area contributed by atoms with E-state index >= 15 is 0 Å². The van der Waals surface area contributed by atoms with Crippen LogP contribution in [0.25, 0.3) is 0 Å². The summed E-state index contributed by atoms with van der Waals surface area (Å²) < 4.78 is 0. The Hall–Kier alpha value is -0.0800. The number of rotatable bonds is 1. The molecule has 1 fully saturated rings. The van der Waals surface area contributed by atoms with Crippen LogP contribution in [-0.4, -0.2) is 17.3 Å². The first-order valence-corrected chi connectivity index (χ1v) is 4.14. The molecule has 1 saturated carbocycles. The Balaban J connectivity index is 2.32. The van der Waals surface area contributed by atoms with Crippen LogP contribution in [0, 0.1) is 5.92 Å². The van der Waals surface area contributed by atoms with Crippen LogP contribution >= 0.6 is 0 Å². The van der Waals surface area contributed by atoms with Gasteiger partial charge in [0.2, 0.25) is 0 Å². The van der Waals surface area contributed by atoms with Crippen molar-refractivity contribution < 1.29 is 5.11 Å². The highest BCUT2D eigenvalue weighted by Crippen LogP contribution is 2.25. The third-order valence-electron chi connectivity index (χ3n) is 2.44. The lowest BCUT2D eigenvalue weighted by Gasteiger charge is -2.28. The molecule has 60 valence electrons. The molecule has 0 radical (unpaired) electrons. The minimum absolute atomic E-state index is 0.161. The molecule has 0 amide bonds. The molecular formula is C8H17NO. The van der Waals surface area contributed by atoms with E-state index in [0.717, 1.165) is 19.3 Å². The van der Waals surface area contributed by atoms with Crippen LogP contribution in [0.1, 0.15) is 32.6 Å². The van der Waals surface area contributed by atoms with Crippen LogP contribution in [0.2, 0.25) is 0 Å². The summed E-state index contributed by atoms with van der Waals surface area (Å²) >= 11 is 0. The summed E-state index contributed by atoms with van der Waals surface area (Å²) in [5.74, 6) is 0.462. The number of hydrogen-bond acceptors (Lipinski definition) is 2. The van der Waals surface area contributed by atoms with Gasteiger partial charge in [0.05, 0.1) is 6.10 Å². The maximum Gasteiger partial charge on any atom is 0.0540 e. The molecule has 3 N–H and O–H groups in total. The van der Waals surface area contributed by atoms with Crippen molar-refractivity contribution in [1.82, 2.24) is 0 Å². The second-order valence-corrected chi connectivity index (χ2v) is 3.43. The van der Waals surface area contributed by atoms with Gasteiger partial charge >= 0.3 is 0 Å². The van der Waals surface area contributed by atoms with Crippen molar-refractivity contribution in [3.8, 4) is 0 Å². The van der Waals surface area contributed by atoms with E-state index in [0.29, 0.717) is 12.0 Å². The Bertz CT molecular complexity index is 103. The Morgan fingerprint density at radius 1 is 1.50 bits per heavy atom. The molecule has 0 spiro atoms. The lowest BCUT2D eigenvalue weighted by atomic mass is 9.83. The molecule has 0 bridgehead atoms. The van der Waals surface area contributed by atoms with Crippen molar-refractivity contribution in [3.05, 3.63) is 0 Å². The molecule has 1 aliphatic carbocycles. The van der Waals surface area contributed by atoms with Crippen LogP contribution in [-0.2, 0) is 0 Å². The molecule has 1 unspecified atom stereocenters. The lowest BCUT2D eigenvalue weighted by molar-refractivity contribution is 0.0954. The normalized spacial score (nSPS) is 37.5. The highest BCUT2D eigenvalue weighted by Gasteiger charge is 2.22. The van der Waals surface area contributed by atoms with Gasteiger partial charge in [0.1, 0.15) is 0 Å². The quantitative estimate of drug-likeness (QED) is 0.572. The molecule has 0 saturated heterocycles. The monoisotopic (exact) mass is 143 g/mol. The third-order valence-corrected chi connectivity index (χ3v) is 2.44. The van der Waals surface area contributed by atoms with Crippen LogP contribution in [0.3, 0.4) is 0 Å². The molecule has 0 aromatic carbocycles. The van der Waals surface area contributed by atoms with Gasteiger partial charge in [-0.2, -0.15) is 0 Å². The molecule has 2 nitrogen and oxygen atoms in total. The molecule has 0 aromatic rings. The predicted molar refractivity (Wildman–Crippen MR) is 41.6 cm³/mol. The molecular weight excluding hydrogens is 126 g/mol. The van der Waals surface area contributed by atoms with E-state index in [4.69, 9.17) is 5.73 Å². The largest absolute Gasteiger partial charge is 0.393 e. The van der Waals surface area contributed by atoms with Crippen molar-refractivity contribution in [1.29, 1.82) is 0 Å². The zero-order chi connectivity index (χ0) is 7.56. The molecule has 0 heterocycles. The molecule has 2 heteroatoms. The Morgan fingerprint density at radius 2 is 2.20 bits per heavy atom. The minimum atomic E-state index is -0.161. The lowest BCUT2D eigenvalue weighted by Crippen LogP contribution is -2.32. The van der Waals surface area contributed by atoms with Crippen LogP contribution in [0.5, 0.6) is 0 Å². The molecule has 0 aromatic heterocycles. The van der Waals surface area contributed by atoms with Gasteiger partial charge in [-0.05, 0) is 32.1 Å². The van der Waals surface area contributed by atoms with Crippen molar-refractivity contribution in [2.24, 2.45) is 11.7 Å². The van der Waals surface area contributed by atoms with Crippen molar-refractivity contribution in [2.45, 2.75) is 44.8 Å². The molecule has 1 rings (SSSR count). The Labute approximate surface area is 62.4 Å². The fraction of sp³-hybridized carbons (Fsp3) is 1.00. The minimum Gasteiger partial charge on any atom is -0.393 e. The topological polar surface area (TPSA) is 46.2 Å². The van der Waals surface area contributed by atoms with Crippen molar-refractivity contribution >= 4 is 0 Å². The van der Waals surface area contributed by atoms with Crippen LogP contribution in [0.15, 0.2) is 0 Å². The summed E-state index contributed by atoms with van der Waals surface area (Å²) in [5.41, 5.74) is 5.75. The van der Waals surface area contributed by atoms with E-state index in [1.165, 1.54) is 6.42 Å². The number of hydrogen-bond donors (Lipinski definition) is 2. The summed E-state index contributed by atoms with van der Waals surface area (Å²) in [4.78, 5) is 0. The van der Waals surface area contributed by atoms with Gasteiger partial charge in [-0.15, -0.1) is 0 Å². The van der Waals surface area contributed by atoms with Crippen LogP contribution < -0.4 is 5.73 Å². The third kappa shape index (κ3) is 1.96. The fourth-order valence-electron chi connectivity index (χ4n) is 1.70. The fourth-order valence-corrected chi connectivity index (χ4v) is 1.70. The Morgan fingerprint density at radius 3 is 2.60 bits per heavy atom. The van der Waals surface area contributed by atoms with Gasteiger partial charge in [0, 0.05) is 6.04 Å².